The van der Waals surface area contributed by atoms with Crippen molar-refractivity contribution in [2.24, 2.45) is 0 Å². The summed E-state index contributed by atoms with van der Waals surface area (Å²) in [4.78, 5) is 2.66. The summed E-state index contributed by atoms with van der Waals surface area (Å²) in [6, 6.07) is 22.5. The van der Waals surface area contributed by atoms with Crippen molar-refractivity contribution < 1.29 is 4.74 Å². The lowest BCUT2D eigenvalue weighted by Crippen LogP contribution is -2.30. The van der Waals surface area contributed by atoms with Gasteiger partial charge >= 0.3 is 0 Å². The van der Waals surface area contributed by atoms with Crippen molar-refractivity contribution in [3.05, 3.63) is 66.2 Å². The summed E-state index contributed by atoms with van der Waals surface area (Å²) in [5, 5.41) is 0. The Morgan fingerprint density at radius 2 is 1.24 bits per heavy atom. The minimum atomic E-state index is -0.844. The van der Waals surface area contributed by atoms with Crippen molar-refractivity contribution in [1.82, 2.24) is 0 Å². The van der Waals surface area contributed by atoms with Gasteiger partial charge in [-0.2, -0.15) is 0 Å². The summed E-state index contributed by atoms with van der Waals surface area (Å²) in [7, 11) is -0.844. The number of benzene rings is 2. The van der Waals surface area contributed by atoms with Gasteiger partial charge in [0.05, 0.1) is 14.5 Å². The molecule has 0 N–H and O–H groups in total. The lowest BCUT2D eigenvalue weighted by atomic mass is 10.0. The van der Waals surface area contributed by atoms with Gasteiger partial charge < -0.3 is 4.74 Å². The normalized spacial score (nSPS) is 12.3. The van der Waals surface area contributed by atoms with E-state index in [0.29, 0.717) is 5.73 Å². The maximum atomic E-state index is 6.44. The van der Waals surface area contributed by atoms with Crippen LogP contribution in [0.25, 0.3) is 20.9 Å². The zero-order chi connectivity index (χ0) is 24.2. The Balaban J connectivity index is 1.57. The Hall–Kier alpha value is -1.84. The van der Waals surface area contributed by atoms with E-state index in [-0.39, 0.29) is 0 Å². The molecule has 1 heterocycles. The Bertz CT molecular complexity index is 942. The first-order valence-electron chi connectivity index (χ1n) is 13.6. The maximum Gasteiger partial charge on any atom is 0.119 e. The van der Waals surface area contributed by atoms with Gasteiger partial charge in [0, 0.05) is 9.75 Å². The molecule has 1 atom stereocenters. The Kier molecular flexibility index (Phi) is 11.4. The molecule has 184 valence electrons. The molecular formula is C31H44OSSi. The maximum absolute atomic E-state index is 6.44. The van der Waals surface area contributed by atoms with Crippen LogP contribution in [-0.4, -0.2) is 14.5 Å². The van der Waals surface area contributed by atoms with Gasteiger partial charge in [-0.05, 0) is 72.4 Å². The highest BCUT2D eigenvalue weighted by Crippen LogP contribution is 2.35. The van der Waals surface area contributed by atoms with Crippen LogP contribution in [0.2, 0.25) is 13.1 Å². The monoisotopic (exact) mass is 492 g/mol. The second-order valence-corrected chi connectivity index (χ2v) is 14.3. The largest absolute Gasteiger partial charge is 0.494 e. The van der Waals surface area contributed by atoms with Crippen LogP contribution < -0.4 is 4.74 Å². The summed E-state index contributed by atoms with van der Waals surface area (Å²) in [5.41, 5.74) is 4.49. The van der Waals surface area contributed by atoms with Crippen molar-refractivity contribution >= 4 is 20.1 Å². The molecular weight excluding hydrogens is 448 g/mol. The molecule has 0 aliphatic heterocycles. The standard InChI is InChI=1S/C31H44OSSi/c1-5-7-9-11-13-25-15-17-26(18-16-25)29-23-24-30(33-29)27-19-21-28(22-20-27)32-31(34(3)4)14-12-10-8-6-2/h15-24,31,34H,5-14H2,1-4H3. The summed E-state index contributed by atoms with van der Waals surface area (Å²) in [6.07, 6.45) is 13.0. The number of thiophene rings is 1. The molecule has 1 aromatic heterocycles. The fourth-order valence-electron chi connectivity index (χ4n) is 4.41. The minimum Gasteiger partial charge on any atom is -0.494 e. The lowest BCUT2D eigenvalue weighted by Gasteiger charge is -2.22. The van der Waals surface area contributed by atoms with Gasteiger partial charge in [-0.15, -0.1) is 11.3 Å². The lowest BCUT2D eigenvalue weighted by molar-refractivity contribution is 0.257. The molecule has 3 aromatic rings. The predicted octanol–water partition coefficient (Wildman–Crippen LogP) is 9.95. The number of ether oxygens (including phenoxy) is 1. The molecule has 0 saturated carbocycles. The number of hydrogen-bond donors (Lipinski definition) is 0. The van der Waals surface area contributed by atoms with Gasteiger partial charge in [0.1, 0.15) is 5.75 Å². The summed E-state index contributed by atoms with van der Waals surface area (Å²) in [6.45, 7) is 9.36. The van der Waals surface area contributed by atoms with E-state index in [0.717, 1.165) is 5.75 Å². The van der Waals surface area contributed by atoms with E-state index in [9.17, 15) is 0 Å². The number of hydrogen-bond acceptors (Lipinski definition) is 2. The molecule has 0 spiro atoms. The van der Waals surface area contributed by atoms with E-state index in [1.54, 1.807) is 0 Å². The van der Waals surface area contributed by atoms with Gasteiger partial charge in [0.2, 0.25) is 0 Å². The molecule has 0 aliphatic carbocycles. The zero-order valence-corrected chi connectivity index (χ0v) is 23.8. The SMILES string of the molecule is CCCCCCc1ccc(-c2ccc(-c3ccc(OC(CCCCCC)[SiH](C)C)cc3)s2)cc1. The van der Waals surface area contributed by atoms with E-state index in [4.69, 9.17) is 4.74 Å². The number of rotatable bonds is 15. The predicted molar refractivity (Wildman–Crippen MR) is 155 cm³/mol. The van der Waals surface area contributed by atoms with Gasteiger partial charge in [-0.1, -0.05) is 96.2 Å². The van der Waals surface area contributed by atoms with E-state index >= 15 is 0 Å². The highest BCUT2D eigenvalue weighted by Gasteiger charge is 2.16. The fourth-order valence-corrected chi connectivity index (χ4v) is 6.76. The molecule has 2 aromatic carbocycles. The molecule has 0 amide bonds. The molecule has 34 heavy (non-hydrogen) atoms. The smallest absolute Gasteiger partial charge is 0.119 e. The second kappa shape index (κ2) is 14.5. The molecule has 3 heteroatoms. The average molecular weight is 493 g/mol. The van der Waals surface area contributed by atoms with Gasteiger partial charge in [-0.3, -0.25) is 0 Å². The van der Waals surface area contributed by atoms with Crippen LogP contribution in [0.15, 0.2) is 60.7 Å². The highest BCUT2D eigenvalue weighted by molar-refractivity contribution is 7.18. The van der Waals surface area contributed by atoms with Crippen molar-refractivity contribution in [3.63, 3.8) is 0 Å². The van der Waals surface area contributed by atoms with E-state index in [1.807, 2.05) is 11.3 Å². The third kappa shape index (κ3) is 8.43. The van der Waals surface area contributed by atoms with Crippen molar-refractivity contribution in [1.29, 1.82) is 0 Å². The topological polar surface area (TPSA) is 9.23 Å². The van der Waals surface area contributed by atoms with Gasteiger partial charge in [0.15, 0.2) is 0 Å². The molecule has 0 saturated heterocycles. The molecule has 0 bridgehead atoms. The van der Waals surface area contributed by atoms with Crippen molar-refractivity contribution in [2.75, 3.05) is 0 Å². The van der Waals surface area contributed by atoms with Crippen LogP contribution in [0, 0.1) is 0 Å². The van der Waals surface area contributed by atoms with Crippen LogP contribution >= 0.6 is 11.3 Å². The molecule has 0 fully saturated rings. The van der Waals surface area contributed by atoms with Crippen LogP contribution in [0.5, 0.6) is 5.75 Å². The second-order valence-electron chi connectivity index (χ2n) is 9.95. The van der Waals surface area contributed by atoms with E-state index in [2.05, 4.69) is 87.6 Å². The highest BCUT2D eigenvalue weighted by atomic mass is 32.1. The third-order valence-electron chi connectivity index (χ3n) is 6.68. The van der Waals surface area contributed by atoms with E-state index in [1.165, 1.54) is 90.7 Å². The van der Waals surface area contributed by atoms with Crippen molar-refractivity contribution in [2.45, 2.75) is 96.9 Å². The Morgan fingerprint density at radius 3 is 1.79 bits per heavy atom. The number of aryl methyl sites for hydroxylation is 1. The summed E-state index contributed by atoms with van der Waals surface area (Å²) < 4.78 is 6.44. The van der Waals surface area contributed by atoms with Crippen LogP contribution in [-0.2, 0) is 6.42 Å². The van der Waals surface area contributed by atoms with Crippen LogP contribution in [0.1, 0.15) is 77.2 Å². The first-order valence-corrected chi connectivity index (χ1v) is 17.4. The van der Waals surface area contributed by atoms with Crippen molar-refractivity contribution in [3.8, 4) is 26.6 Å². The fraction of sp³-hybridized carbons (Fsp3) is 0.484. The van der Waals surface area contributed by atoms with Gasteiger partial charge in [-0.25, -0.2) is 0 Å². The molecule has 0 radical (unpaired) electrons. The van der Waals surface area contributed by atoms with Crippen LogP contribution in [0.3, 0.4) is 0 Å². The summed E-state index contributed by atoms with van der Waals surface area (Å²) in [5.74, 6) is 1.02. The van der Waals surface area contributed by atoms with Crippen LogP contribution in [0.4, 0.5) is 0 Å². The molecule has 3 rings (SSSR count). The van der Waals surface area contributed by atoms with Gasteiger partial charge in [0.25, 0.3) is 0 Å². The van der Waals surface area contributed by atoms with E-state index < -0.39 is 8.80 Å². The summed E-state index contributed by atoms with van der Waals surface area (Å²) >= 11 is 1.88. The molecule has 1 nitrogen and oxygen atoms in total. The first-order chi connectivity index (χ1) is 16.6. The number of unbranched alkanes of at least 4 members (excludes halogenated alkanes) is 6. The average Bonchev–Trinajstić information content (AvgIpc) is 3.35. The molecule has 1 unspecified atom stereocenters. The Morgan fingerprint density at radius 1 is 0.676 bits per heavy atom. The quantitative estimate of drug-likeness (QED) is 0.151. The first kappa shape index (κ1) is 26.8. The third-order valence-corrected chi connectivity index (χ3v) is 9.82. The molecule has 0 aliphatic rings. The zero-order valence-electron chi connectivity index (χ0n) is 21.8. The minimum absolute atomic E-state index is 0.436. The Labute approximate surface area is 214 Å².